The zero-order valence-electron chi connectivity index (χ0n) is 15.6. The van der Waals surface area contributed by atoms with Gasteiger partial charge in [-0.3, -0.25) is 4.79 Å². The van der Waals surface area contributed by atoms with Gasteiger partial charge < -0.3 is 4.90 Å². The first-order chi connectivity index (χ1) is 14.3. The van der Waals surface area contributed by atoms with Crippen LogP contribution in [0.3, 0.4) is 0 Å². The van der Waals surface area contributed by atoms with Crippen LogP contribution in [0.5, 0.6) is 0 Å². The van der Waals surface area contributed by atoms with E-state index in [2.05, 4.69) is 21.4 Å². The second kappa shape index (κ2) is 7.96. The van der Waals surface area contributed by atoms with Gasteiger partial charge in [0.15, 0.2) is 4.34 Å². The molecule has 1 unspecified atom stereocenters. The van der Waals surface area contributed by atoms with Crippen LogP contribution in [0.2, 0.25) is 0 Å². The van der Waals surface area contributed by atoms with Crippen LogP contribution in [0, 0.1) is 0 Å². The minimum atomic E-state index is 0.153. The summed E-state index contributed by atoms with van der Waals surface area (Å²) in [5.74, 6) is 0.569. The number of likely N-dealkylation sites (tertiary alicyclic amines) is 1. The molecule has 29 heavy (non-hydrogen) atoms. The number of benzene rings is 2. The molecule has 0 saturated carbocycles. The summed E-state index contributed by atoms with van der Waals surface area (Å²) in [6.07, 6.45) is 2.87. The summed E-state index contributed by atoms with van der Waals surface area (Å²) in [5, 5.41) is 8.60. The molecule has 8 heteroatoms. The highest BCUT2D eigenvalue weighted by atomic mass is 32.2. The van der Waals surface area contributed by atoms with Gasteiger partial charge in [-0.05, 0) is 18.6 Å². The summed E-state index contributed by atoms with van der Waals surface area (Å²) in [4.78, 5) is 19.2. The molecule has 0 radical (unpaired) electrons. The molecule has 1 aliphatic heterocycles. The molecular weight excluding hydrogens is 402 g/mol. The molecule has 1 fully saturated rings. The van der Waals surface area contributed by atoms with E-state index >= 15 is 0 Å². The van der Waals surface area contributed by atoms with Gasteiger partial charge in [0.1, 0.15) is 5.69 Å². The third-order valence-corrected chi connectivity index (χ3v) is 7.23. The largest absolute Gasteiger partial charge is 0.340 e. The monoisotopic (exact) mass is 421 g/mol. The standard InChI is InChI=1S/C21H19N5OS2/c27-20(14-28-21-22-17-8-4-5-9-19(17)29-21)25-11-10-16(12-25)26-13-18(23-24-26)15-6-2-1-3-7-15/h1-9,13,16H,10-12,14H2. The molecule has 3 heterocycles. The summed E-state index contributed by atoms with van der Waals surface area (Å²) in [6, 6.07) is 18.3. The average molecular weight is 422 g/mol. The van der Waals surface area contributed by atoms with Gasteiger partial charge in [0.2, 0.25) is 5.91 Å². The molecule has 5 rings (SSSR count). The summed E-state index contributed by atoms with van der Waals surface area (Å²) >= 11 is 3.16. The number of thioether (sulfide) groups is 1. The lowest BCUT2D eigenvalue weighted by molar-refractivity contribution is -0.127. The van der Waals surface area contributed by atoms with E-state index in [-0.39, 0.29) is 11.9 Å². The molecule has 6 nitrogen and oxygen atoms in total. The molecule has 0 aliphatic carbocycles. The number of carbonyl (C=O) groups excluding carboxylic acids is 1. The van der Waals surface area contributed by atoms with Crippen molar-refractivity contribution in [2.75, 3.05) is 18.8 Å². The van der Waals surface area contributed by atoms with Crippen molar-refractivity contribution >= 4 is 39.2 Å². The summed E-state index contributed by atoms with van der Waals surface area (Å²) in [7, 11) is 0. The average Bonchev–Trinajstić information content (AvgIpc) is 3.51. The fourth-order valence-corrected chi connectivity index (χ4v) is 5.48. The van der Waals surface area contributed by atoms with Crippen molar-refractivity contribution in [2.24, 2.45) is 0 Å². The molecule has 1 atom stereocenters. The maximum atomic E-state index is 12.7. The molecule has 0 spiro atoms. The van der Waals surface area contributed by atoms with Gasteiger partial charge >= 0.3 is 0 Å². The van der Waals surface area contributed by atoms with E-state index in [1.165, 1.54) is 11.8 Å². The van der Waals surface area contributed by atoms with Crippen LogP contribution in [0.4, 0.5) is 0 Å². The third-order valence-electron chi connectivity index (χ3n) is 5.06. The Morgan fingerprint density at radius 3 is 2.83 bits per heavy atom. The fourth-order valence-electron chi connectivity index (χ4n) is 3.51. The molecular formula is C21H19N5OS2. The van der Waals surface area contributed by atoms with Crippen molar-refractivity contribution < 1.29 is 4.79 Å². The van der Waals surface area contributed by atoms with Gasteiger partial charge in [0, 0.05) is 18.7 Å². The Hall–Kier alpha value is -2.71. The second-order valence-electron chi connectivity index (χ2n) is 6.97. The Labute approximate surface area is 176 Å². The summed E-state index contributed by atoms with van der Waals surface area (Å²) in [5.41, 5.74) is 2.91. The zero-order chi connectivity index (χ0) is 19.6. The lowest BCUT2D eigenvalue weighted by Crippen LogP contribution is -2.30. The van der Waals surface area contributed by atoms with Crippen molar-refractivity contribution in [1.82, 2.24) is 24.9 Å². The lowest BCUT2D eigenvalue weighted by atomic mass is 10.2. The predicted octanol–water partition coefficient (Wildman–Crippen LogP) is 4.12. The number of thiazole rings is 1. The van der Waals surface area contributed by atoms with Gasteiger partial charge in [-0.2, -0.15) is 0 Å². The molecule has 1 saturated heterocycles. The predicted molar refractivity (Wildman–Crippen MR) is 116 cm³/mol. The van der Waals surface area contributed by atoms with Gasteiger partial charge in [-0.15, -0.1) is 16.4 Å². The molecule has 0 bridgehead atoms. The third kappa shape index (κ3) is 3.90. The Balaban J connectivity index is 1.19. The number of hydrogen-bond donors (Lipinski definition) is 0. The fraction of sp³-hybridized carbons (Fsp3) is 0.238. The molecule has 146 valence electrons. The maximum absolute atomic E-state index is 12.7. The minimum Gasteiger partial charge on any atom is -0.340 e. The van der Waals surface area contributed by atoms with Crippen molar-refractivity contribution in [3.63, 3.8) is 0 Å². The van der Waals surface area contributed by atoms with Gasteiger partial charge in [-0.25, -0.2) is 9.67 Å². The quantitative estimate of drug-likeness (QED) is 0.454. The topological polar surface area (TPSA) is 63.9 Å². The maximum Gasteiger partial charge on any atom is 0.233 e. The molecule has 1 aliphatic rings. The van der Waals surface area contributed by atoms with Crippen molar-refractivity contribution in [3.8, 4) is 11.3 Å². The van der Waals surface area contributed by atoms with Gasteiger partial charge in [0.25, 0.3) is 0 Å². The van der Waals surface area contributed by atoms with Crippen LogP contribution in [0.25, 0.3) is 21.5 Å². The highest BCUT2D eigenvalue weighted by Gasteiger charge is 2.28. The van der Waals surface area contributed by atoms with Crippen molar-refractivity contribution in [3.05, 3.63) is 60.8 Å². The highest BCUT2D eigenvalue weighted by Crippen LogP contribution is 2.30. The van der Waals surface area contributed by atoms with E-state index in [0.717, 1.165) is 38.8 Å². The van der Waals surface area contributed by atoms with E-state index in [1.807, 2.05) is 64.3 Å². The Bertz CT molecular complexity index is 1110. The van der Waals surface area contributed by atoms with Crippen LogP contribution in [0.1, 0.15) is 12.5 Å². The number of hydrogen-bond acceptors (Lipinski definition) is 6. The van der Waals surface area contributed by atoms with E-state index < -0.39 is 0 Å². The number of amides is 1. The van der Waals surface area contributed by atoms with Crippen LogP contribution in [-0.2, 0) is 4.79 Å². The van der Waals surface area contributed by atoms with Gasteiger partial charge in [-0.1, -0.05) is 59.4 Å². The number of fused-ring (bicyclic) bond motifs is 1. The van der Waals surface area contributed by atoms with E-state index in [9.17, 15) is 4.79 Å². The molecule has 2 aromatic heterocycles. The SMILES string of the molecule is O=C(CSc1nc2ccccc2s1)N1CCC(n2cc(-c3ccccc3)nn2)C1. The number of aromatic nitrogens is 4. The summed E-state index contributed by atoms with van der Waals surface area (Å²) < 4.78 is 4.00. The first-order valence-corrected chi connectivity index (χ1v) is 11.3. The van der Waals surface area contributed by atoms with Crippen molar-refractivity contribution in [1.29, 1.82) is 0 Å². The normalized spacial score (nSPS) is 16.6. The van der Waals surface area contributed by atoms with E-state index in [4.69, 9.17) is 0 Å². The lowest BCUT2D eigenvalue weighted by Gasteiger charge is -2.15. The molecule has 0 N–H and O–H groups in total. The van der Waals surface area contributed by atoms with Crippen LogP contribution < -0.4 is 0 Å². The smallest absolute Gasteiger partial charge is 0.233 e. The number of rotatable bonds is 5. The Kier molecular flexibility index (Phi) is 5.03. The van der Waals surface area contributed by atoms with Crippen LogP contribution in [0.15, 0.2) is 65.1 Å². The van der Waals surface area contributed by atoms with E-state index in [1.54, 1.807) is 11.3 Å². The Morgan fingerprint density at radius 2 is 1.97 bits per heavy atom. The molecule has 4 aromatic rings. The van der Waals surface area contributed by atoms with Crippen LogP contribution in [-0.4, -0.2) is 49.6 Å². The molecule has 1 amide bonds. The first kappa shape index (κ1) is 18.3. The minimum absolute atomic E-state index is 0.153. The number of para-hydroxylation sites is 1. The number of carbonyl (C=O) groups is 1. The van der Waals surface area contributed by atoms with Crippen LogP contribution >= 0.6 is 23.1 Å². The van der Waals surface area contributed by atoms with E-state index in [0.29, 0.717) is 12.3 Å². The first-order valence-electron chi connectivity index (χ1n) is 9.50. The second-order valence-corrected chi connectivity index (χ2v) is 9.22. The Morgan fingerprint density at radius 1 is 1.14 bits per heavy atom. The zero-order valence-corrected chi connectivity index (χ0v) is 17.3. The highest BCUT2D eigenvalue weighted by molar-refractivity contribution is 8.01. The number of nitrogens with zero attached hydrogens (tertiary/aromatic N) is 5. The molecule has 2 aromatic carbocycles. The van der Waals surface area contributed by atoms with Crippen molar-refractivity contribution in [2.45, 2.75) is 16.8 Å². The van der Waals surface area contributed by atoms with Gasteiger partial charge in [0.05, 0.1) is 28.2 Å². The summed E-state index contributed by atoms with van der Waals surface area (Å²) in [6.45, 7) is 1.43.